The molecule has 4 N–H and O–H groups in total. The summed E-state index contributed by atoms with van der Waals surface area (Å²) in [5, 5.41) is 12.0. The Hall–Kier alpha value is -1.30. The van der Waals surface area contributed by atoms with E-state index in [-0.39, 0.29) is 18.0 Å². The summed E-state index contributed by atoms with van der Waals surface area (Å²) < 4.78 is 0. The second-order valence-electron chi connectivity index (χ2n) is 5.56. The lowest BCUT2D eigenvalue weighted by atomic mass is 9.96. The molecule has 0 radical (unpaired) electrons. The number of amides is 2. The Kier molecular flexibility index (Phi) is 3.47. The van der Waals surface area contributed by atoms with E-state index in [2.05, 4.69) is 5.32 Å². The predicted octanol–water partition coefficient (Wildman–Crippen LogP) is 0.372. The first-order valence-electron chi connectivity index (χ1n) is 6.49. The number of rotatable bonds is 3. The maximum atomic E-state index is 12.1. The highest BCUT2D eigenvalue weighted by molar-refractivity contribution is 5.86. The topological polar surface area (TPSA) is 95.7 Å². The van der Waals surface area contributed by atoms with Crippen molar-refractivity contribution in [2.45, 2.75) is 44.2 Å². The molecule has 2 unspecified atom stereocenters. The maximum Gasteiger partial charge on any atom is 0.329 e. The van der Waals surface area contributed by atoms with Crippen molar-refractivity contribution >= 4 is 12.0 Å². The normalized spacial score (nSPS) is 27.4. The number of aliphatic carboxylic acids is 1. The number of carbonyl (C=O) groups excluding carboxylic acids is 1. The molecule has 1 aliphatic carbocycles. The zero-order valence-corrected chi connectivity index (χ0v) is 10.7. The predicted molar refractivity (Wildman–Crippen MR) is 66.1 cm³/mol. The van der Waals surface area contributed by atoms with E-state index in [1.165, 1.54) is 0 Å². The van der Waals surface area contributed by atoms with Crippen LogP contribution < -0.4 is 11.1 Å². The fourth-order valence-electron chi connectivity index (χ4n) is 2.49. The lowest BCUT2D eigenvalue weighted by molar-refractivity contribution is -0.144. The number of carboxylic acids is 1. The summed E-state index contributed by atoms with van der Waals surface area (Å²) in [5.74, 6) is -0.905. The van der Waals surface area contributed by atoms with E-state index >= 15 is 0 Å². The van der Waals surface area contributed by atoms with Crippen LogP contribution in [0.15, 0.2) is 0 Å². The standard InChI is InChI=1S/C12H21N3O3/c1-12(10(16)17,8-4-5-8)14-11(18)15-6-2-3-9(13)7-15/h8-9H,2-7,13H2,1H3,(H,14,18)(H,16,17). The van der Waals surface area contributed by atoms with Crippen LogP contribution in [0.3, 0.4) is 0 Å². The van der Waals surface area contributed by atoms with E-state index in [9.17, 15) is 14.7 Å². The number of urea groups is 1. The van der Waals surface area contributed by atoms with Crippen LogP contribution in [0.4, 0.5) is 4.79 Å². The van der Waals surface area contributed by atoms with Crippen molar-refractivity contribution in [2.24, 2.45) is 11.7 Å². The van der Waals surface area contributed by atoms with E-state index in [1.807, 2.05) is 0 Å². The molecule has 1 saturated heterocycles. The van der Waals surface area contributed by atoms with Crippen LogP contribution in [0.1, 0.15) is 32.6 Å². The molecule has 0 aromatic rings. The van der Waals surface area contributed by atoms with Crippen molar-refractivity contribution in [1.82, 2.24) is 10.2 Å². The average molecular weight is 255 g/mol. The van der Waals surface area contributed by atoms with Crippen molar-refractivity contribution in [2.75, 3.05) is 13.1 Å². The number of hydrogen-bond donors (Lipinski definition) is 3. The second-order valence-corrected chi connectivity index (χ2v) is 5.56. The minimum atomic E-state index is -1.14. The van der Waals surface area contributed by atoms with Gasteiger partial charge in [-0.05, 0) is 38.5 Å². The summed E-state index contributed by atoms with van der Waals surface area (Å²) in [4.78, 5) is 25.0. The smallest absolute Gasteiger partial charge is 0.329 e. The summed E-state index contributed by atoms with van der Waals surface area (Å²) in [5.41, 5.74) is 4.68. The van der Waals surface area contributed by atoms with Gasteiger partial charge in [-0.15, -0.1) is 0 Å². The summed E-state index contributed by atoms with van der Waals surface area (Å²) in [6, 6.07) is -0.302. The molecule has 6 nitrogen and oxygen atoms in total. The highest BCUT2D eigenvalue weighted by Gasteiger charge is 2.49. The third-order valence-corrected chi connectivity index (χ3v) is 3.95. The van der Waals surface area contributed by atoms with Crippen molar-refractivity contribution < 1.29 is 14.7 Å². The largest absolute Gasteiger partial charge is 0.480 e. The van der Waals surface area contributed by atoms with E-state index in [4.69, 9.17) is 5.73 Å². The Morgan fingerprint density at radius 2 is 2.06 bits per heavy atom. The van der Waals surface area contributed by atoms with Gasteiger partial charge in [0.15, 0.2) is 0 Å². The van der Waals surface area contributed by atoms with Gasteiger partial charge in [-0.2, -0.15) is 0 Å². The minimum Gasteiger partial charge on any atom is -0.480 e. The van der Waals surface area contributed by atoms with E-state index < -0.39 is 11.5 Å². The number of hydrogen-bond acceptors (Lipinski definition) is 3. The Labute approximate surface area is 107 Å². The van der Waals surface area contributed by atoms with Gasteiger partial charge in [-0.1, -0.05) is 0 Å². The molecule has 0 spiro atoms. The highest BCUT2D eigenvalue weighted by atomic mass is 16.4. The van der Waals surface area contributed by atoms with Crippen LogP contribution in [-0.2, 0) is 4.79 Å². The molecule has 6 heteroatoms. The molecule has 0 aromatic heterocycles. The number of carbonyl (C=O) groups is 2. The van der Waals surface area contributed by atoms with Crippen molar-refractivity contribution in [3.63, 3.8) is 0 Å². The molecule has 18 heavy (non-hydrogen) atoms. The van der Waals surface area contributed by atoms with Gasteiger partial charge >= 0.3 is 12.0 Å². The van der Waals surface area contributed by atoms with Gasteiger partial charge in [-0.25, -0.2) is 9.59 Å². The molecule has 0 bridgehead atoms. The van der Waals surface area contributed by atoms with Crippen LogP contribution in [0.5, 0.6) is 0 Å². The van der Waals surface area contributed by atoms with Crippen LogP contribution in [0, 0.1) is 5.92 Å². The van der Waals surface area contributed by atoms with Crippen LogP contribution in [0.2, 0.25) is 0 Å². The summed E-state index contributed by atoms with van der Waals surface area (Å²) in [6.45, 7) is 2.75. The molecule has 102 valence electrons. The molecule has 2 fully saturated rings. The lowest BCUT2D eigenvalue weighted by Crippen LogP contribution is -2.59. The molecule has 1 heterocycles. The van der Waals surface area contributed by atoms with Gasteiger partial charge < -0.3 is 21.1 Å². The average Bonchev–Trinajstić information content (AvgIpc) is 3.12. The first kappa shape index (κ1) is 13.1. The first-order chi connectivity index (χ1) is 8.43. The summed E-state index contributed by atoms with van der Waals surface area (Å²) in [7, 11) is 0. The molecule has 1 saturated carbocycles. The maximum absolute atomic E-state index is 12.1. The summed E-state index contributed by atoms with van der Waals surface area (Å²) >= 11 is 0. The number of nitrogens with one attached hydrogen (secondary N) is 1. The molecule has 2 atom stereocenters. The van der Waals surface area contributed by atoms with Gasteiger partial charge in [0.05, 0.1) is 0 Å². The molecule has 2 aliphatic rings. The van der Waals surface area contributed by atoms with Crippen LogP contribution in [0.25, 0.3) is 0 Å². The van der Waals surface area contributed by atoms with Gasteiger partial charge in [-0.3, -0.25) is 0 Å². The molecule has 2 rings (SSSR count). The van der Waals surface area contributed by atoms with Crippen molar-refractivity contribution in [3.8, 4) is 0 Å². The zero-order chi connectivity index (χ0) is 13.3. The second kappa shape index (κ2) is 4.76. The minimum absolute atomic E-state index is 0.00140. The van der Waals surface area contributed by atoms with E-state index in [0.29, 0.717) is 13.1 Å². The first-order valence-corrected chi connectivity index (χ1v) is 6.49. The highest BCUT2D eigenvalue weighted by Crippen LogP contribution is 2.39. The fourth-order valence-corrected chi connectivity index (χ4v) is 2.49. The van der Waals surface area contributed by atoms with Crippen LogP contribution >= 0.6 is 0 Å². The molecular weight excluding hydrogens is 234 g/mol. The Morgan fingerprint density at radius 1 is 1.39 bits per heavy atom. The molecular formula is C12H21N3O3. The number of nitrogens with zero attached hydrogens (tertiary/aromatic N) is 1. The Morgan fingerprint density at radius 3 is 2.56 bits per heavy atom. The number of nitrogens with two attached hydrogens (primary N) is 1. The summed E-state index contributed by atoms with van der Waals surface area (Å²) in [6.07, 6.45) is 3.52. The molecule has 1 aliphatic heterocycles. The quantitative estimate of drug-likeness (QED) is 0.679. The number of carboxylic acid groups (broad SMARTS) is 1. The Balaban J connectivity index is 1.98. The van der Waals surface area contributed by atoms with E-state index in [0.717, 1.165) is 25.7 Å². The third-order valence-electron chi connectivity index (χ3n) is 3.95. The molecule has 2 amide bonds. The van der Waals surface area contributed by atoms with Crippen molar-refractivity contribution in [1.29, 1.82) is 0 Å². The number of likely N-dealkylation sites (tertiary alicyclic amines) is 1. The zero-order valence-electron chi connectivity index (χ0n) is 10.7. The van der Waals surface area contributed by atoms with Crippen LogP contribution in [-0.4, -0.2) is 46.7 Å². The SMILES string of the molecule is CC(NC(=O)N1CCCC(N)C1)(C(=O)O)C1CC1. The number of piperidine rings is 1. The van der Waals surface area contributed by atoms with Gasteiger partial charge in [0, 0.05) is 19.1 Å². The third kappa shape index (κ3) is 2.58. The Bertz CT molecular complexity index is 356. The monoisotopic (exact) mass is 255 g/mol. The molecule has 0 aromatic carbocycles. The van der Waals surface area contributed by atoms with E-state index in [1.54, 1.807) is 11.8 Å². The lowest BCUT2D eigenvalue weighted by Gasteiger charge is -2.34. The fraction of sp³-hybridized carbons (Fsp3) is 0.833. The van der Waals surface area contributed by atoms with Crippen molar-refractivity contribution in [3.05, 3.63) is 0 Å². The van der Waals surface area contributed by atoms with Gasteiger partial charge in [0.25, 0.3) is 0 Å². The van der Waals surface area contributed by atoms with Gasteiger partial charge in [0.2, 0.25) is 0 Å². The van der Waals surface area contributed by atoms with Gasteiger partial charge in [0.1, 0.15) is 5.54 Å².